The van der Waals surface area contributed by atoms with Crippen LogP contribution in [0.5, 0.6) is 0 Å². The van der Waals surface area contributed by atoms with E-state index in [9.17, 15) is 9.18 Å². The molecule has 9 heteroatoms. The van der Waals surface area contributed by atoms with Crippen molar-refractivity contribution in [3.8, 4) is 11.3 Å². The van der Waals surface area contributed by atoms with Crippen LogP contribution in [0.25, 0.3) is 22.2 Å². The van der Waals surface area contributed by atoms with E-state index < -0.39 is 6.16 Å². The molecule has 0 radical (unpaired) electrons. The summed E-state index contributed by atoms with van der Waals surface area (Å²) in [4.78, 5) is 25.9. The van der Waals surface area contributed by atoms with Crippen molar-refractivity contribution in [2.24, 2.45) is 5.92 Å². The maximum atomic E-state index is 13.2. The number of benzene rings is 2. The Labute approximate surface area is 213 Å². The predicted octanol–water partition coefficient (Wildman–Crippen LogP) is 5.83. The zero-order valence-corrected chi connectivity index (χ0v) is 20.4. The number of nitrogens with zero attached hydrogens (tertiary/aromatic N) is 2. The van der Waals surface area contributed by atoms with Crippen molar-refractivity contribution in [1.82, 2.24) is 20.5 Å². The molecule has 4 aromatic rings. The third-order valence-corrected chi connectivity index (χ3v) is 6.55. The molecule has 1 aliphatic carbocycles. The van der Waals surface area contributed by atoms with Crippen LogP contribution >= 0.6 is 0 Å². The van der Waals surface area contributed by atoms with Crippen molar-refractivity contribution in [3.63, 3.8) is 0 Å². The molecule has 37 heavy (non-hydrogen) atoms. The van der Waals surface area contributed by atoms with Crippen LogP contribution in [0.3, 0.4) is 0 Å². The largest absolute Gasteiger partial charge is 0.503 e. The van der Waals surface area contributed by atoms with Crippen LogP contribution in [-0.4, -0.2) is 43.5 Å². The molecule has 2 aromatic heterocycles. The minimum atomic E-state index is -1.83. The molecule has 1 aliphatic rings. The number of aromatic nitrogens is 3. The number of nitrogens with one attached hydrogen (secondary N) is 2. The molecule has 0 bridgehead atoms. The van der Waals surface area contributed by atoms with E-state index in [-0.39, 0.29) is 17.8 Å². The first-order valence-corrected chi connectivity index (χ1v) is 12.2. The van der Waals surface area contributed by atoms with Gasteiger partial charge in [0, 0.05) is 34.4 Å². The number of amides is 1. The van der Waals surface area contributed by atoms with Gasteiger partial charge in [-0.25, -0.2) is 9.18 Å². The Morgan fingerprint density at radius 3 is 2.57 bits per heavy atom. The van der Waals surface area contributed by atoms with Gasteiger partial charge in [-0.1, -0.05) is 18.6 Å². The first kappa shape index (κ1) is 25.8. The molecular weight excluding hydrogens is 475 g/mol. The molecule has 5 rings (SSSR count). The Bertz CT molecular complexity index is 1380. The highest BCUT2D eigenvalue weighted by Gasteiger charge is 2.24. The molecule has 2 aromatic carbocycles. The van der Waals surface area contributed by atoms with Gasteiger partial charge in [-0.2, -0.15) is 5.10 Å². The maximum absolute atomic E-state index is 13.2. The van der Waals surface area contributed by atoms with E-state index in [4.69, 9.17) is 15.0 Å². The van der Waals surface area contributed by atoms with Crippen molar-refractivity contribution >= 4 is 23.0 Å². The fourth-order valence-corrected chi connectivity index (χ4v) is 4.90. The fraction of sp³-hybridized carbons (Fsp3) is 0.286. The third kappa shape index (κ3) is 6.91. The van der Waals surface area contributed by atoms with E-state index in [0.29, 0.717) is 11.5 Å². The zero-order chi connectivity index (χ0) is 26.4. The van der Waals surface area contributed by atoms with Crippen LogP contribution in [-0.2, 0) is 6.42 Å². The summed E-state index contributed by atoms with van der Waals surface area (Å²) in [6.45, 7) is 1.95. The Kier molecular flexibility index (Phi) is 8.12. The lowest BCUT2D eigenvalue weighted by atomic mass is 9.82. The SMILES string of the molecule is Cc1cc(-c2n[nH]c3ccc(C(=O)NC4CCCC(Cc5ccc(F)cc5)C4)cc23)ccn1.O=C(O)O. The number of carbonyl (C=O) groups is 2. The molecule has 2 heterocycles. The molecule has 1 fully saturated rings. The minimum Gasteiger partial charge on any atom is -0.450 e. The molecule has 0 saturated heterocycles. The van der Waals surface area contributed by atoms with Crippen LogP contribution < -0.4 is 5.32 Å². The van der Waals surface area contributed by atoms with E-state index in [1.807, 2.05) is 49.4 Å². The lowest BCUT2D eigenvalue weighted by Crippen LogP contribution is -2.38. The lowest BCUT2D eigenvalue weighted by molar-refractivity contribution is 0.0919. The fourth-order valence-electron chi connectivity index (χ4n) is 4.90. The van der Waals surface area contributed by atoms with Crippen LogP contribution in [0.15, 0.2) is 60.8 Å². The van der Waals surface area contributed by atoms with Crippen LogP contribution in [0, 0.1) is 18.7 Å². The van der Waals surface area contributed by atoms with Crippen molar-refractivity contribution in [2.45, 2.75) is 45.1 Å². The van der Waals surface area contributed by atoms with Gasteiger partial charge in [0.1, 0.15) is 11.5 Å². The molecular formula is C28H29FN4O4. The second kappa shape index (κ2) is 11.6. The molecule has 0 spiro atoms. The number of pyridine rings is 1. The number of hydrogen-bond donors (Lipinski definition) is 4. The quantitative estimate of drug-likeness (QED) is 0.271. The zero-order valence-electron chi connectivity index (χ0n) is 20.4. The van der Waals surface area contributed by atoms with Crippen LogP contribution in [0.4, 0.5) is 9.18 Å². The van der Waals surface area contributed by atoms with E-state index in [0.717, 1.165) is 65.5 Å². The number of aryl methyl sites for hydroxylation is 1. The number of hydrogen-bond acceptors (Lipinski definition) is 4. The van der Waals surface area contributed by atoms with Gasteiger partial charge in [0.05, 0.1) is 5.52 Å². The number of fused-ring (bicyclic) bond motifs is 1. The van der Waals surface area contributed by atoms with Gasteiger partial charge in [0.25, 0.3) is 5.91 Å². The Morgan fingerprint density at radius 2 is 1.84 bits per heavy atom. The highest BCUT2D eigenvalue weighted by molar-refractivity contribution is 6.01. The van der Waals surface area contributed by atoms with Gasteiger partial charge >= 0.3 is 6.16 Å². The standard InChI is InChI=1S/C27H27FN4O.CH2O3/c1-17-13-20(11-12-29-17)26-24-16-21(7-10-25(24)31-32-26)27(33)30-23-4-2-3-19(15-23)14-18-5-8-22(28)9-6-18;2-1(3)4/h5-13,16,19,23H,2-4,14-15H2,1H3,(H,30,33)(H,31,32);(H2,2,3,4). The second-order valence-electron chi connectivity index (χ2n) is 9.33. The summed E-state index contributed by atoms with van der Waals surface area (Å²) in [6.07, 6.45) is 5.01. The van der Waals surface area contributed by atoms with Gasteiger partial charge in [0.2, 0.25) is 0 Å². The lowest BCUT2D eigenvalue weighted by Gasteiger charge is -2.30. The van der Waals surface area contributed by atoms with Crippen molar-refractivity contribution in [2.75, 3.05) is 0 Å². The minimum absolute atomic E-state index is 0.0533. The number of halogens is 1. The molecule has 0 aliphatic heterocycles. The van der Waals surface area contributed by atoms with E-state index >= 15 is 0 Å². The number of aromatic amines is 1. The Morgan fingerprint density at radius 1 is 1.08 bits per heavy atom. The number of H-pyrrole nitrogens is 1. The van der Waals surface area contributed by atoms with Gasteiger partial charge in [-0.3, -0.25) is 14.9 Å². The first-order chi connectivity index (χ1) is 17.8. The van der Waals surface area contributed by atoms with E-state index in [2.05, 4.69) is 20.5 Å². The Hall–Kier alpha value is -4.27. The van der Waals surface area contributed by atoms with Crippen LogP contribution in [0.2, 0.25) is 0 Å². The third-order valence-electron chi connectivity index (χ3n) is 6.55. The number of carbonyl (C=O) groups excluding carboxylic acids is 1. The molecule has 2 unspecified atom stereocenters. The molecule has 1 amide bonds. The molecule has 4 N–H and O–H groups in total. The van der Waals surface area contributed by atoms with Gasteiger partial charge < -0.3 is 15.5 Å². The van der Waals surface area contributed by atoms with Gasteiger partial charge in [-0.15, -0.1) is 0 Å². The average molecular weight is 505 g/mol. The summed E-state index contributed by atoms with van der Waals surface area (Å²) in [5, 5.41) is 25.6. The first-order valence-electron chi connectivity index (χ1n) is 12.2. The number of carboxylic acid groups (broad SMARTS) is 2. The topological polar surface area (TPSA) is 128 Å². The summed E-state index contributed by atoms with van der Waals surface area (Å²) in [7, 11) is 0. The average Bonchev–Trinajstić information content (AvgIpc) is 3.29. The summed E-state index contributed by atoms with van der Waals surface area (Å²) >= 11 is 0. The van der Waals surface area contributed by atoms with E-state index in [1.54, 1.807) is 6.20 Å². The van der Waals surface area contributed by atoms with Crippen LogP contribution in [0.1, 0.15) is 47.3 Å². The normalized spacial score (nSPS) is 17.0. The van der Waals surface area contributed by atoms with E-state index in [1.165, 1.54) is 12.1 Å². The highest BCUT2D eigenvalue weighted by atomic mass is 19.1. The predicted molar refractivity (Wildman–Crippen MR) is 138 cm³/mol. The smallest absolute Gasteiger partial charge is 0.450 e. The summed E-state index contributed by atoms with van der Waals surface area (Å²) in [5.74, 6) is 0.235. The summed E-state index contributed by atoms with van der Waals surface area (Å²) in [5.41, 5.74) is 5.40. The van der Waals surface area contributed by atoms with Gasteiger partial charge in [-0.05, 0) is 86.6 Å². The highest BCUT2D eigenvalue weighted by Crippen LogP contribution is 2.29. The van der Waals surface area contributed by atoms with Crippen molar-refractivity contribution in [1.29, 1.82) is 0 Å². The van der Waals surface area contributed by atoms with Crippen molar-refractivity contribution in [3.05, 3.63) is 83.4 Å². The molecule has 8 nitrogen and oxygen atoms in total. The number of rotatable bonds is 5. The second-order valence-corrected chi connectivity index (χ2v) is 9.33. The summed E-state index contributed by atoms with van der Waals surface area (Å²) < 4.78 is 13.2. The molecule has 1 saturated carbocycles. The monoisotopic (exact) mass is 504 g/mol. The Balaban J connectivity index is 0.000000747. The summed E-state index contributed by atoms with van der Waals surface area (Å²) in [6, 6.07) is 16.5. The maximum Gasteiger partial charge on any atom is 0.503 e. The van der Waals surface area contributed by atoms with Crippen molar-refractivity contribution < 1.29 is 24.2 Å². The van der Waals surface area contributed by atoms with Gasteiger partial charge in [0.15, 0.2) is 0 Å². The molecule has 192 valence electrons. The molecule has 2 atom stereocenters.